The number of aromatic nitrogens is 1. The van der Waals surface area contributed by atoms with Crippen molar-refractivity contribution in [1.29, 1.82) is 0 Å². The Labute approximate surface area is 124 Å². The number of hydrogen-bond donors (Lipinski definition) is 1. The van der Waals surface area contributed by atoms with Gasteiger partial charge in [-0.25, -0.2) is 0 Å². The van der Waals surface area contributed by atoms with Crippen LogP contribution in [0.3, 0.4) is 0 Å². The van der Waals surface area contributed by atoms with Crippen LogP contribution in [0.1, 0.15) is 24.8 Å². The van der Waals surface area contributed by atoms with Gasteiger partial charge in [0.15, 0.2) is 0 Å². The first-order valence-electron chi connectivity index (χ1n) is 6.77. The fourth-order valence-electron chi connectivity index (χ4n) is 2.43. The minimum Gasteiger partial charge on any atom is -0.480 e. The summed E-state index contributed by atoms with van der Waals surface area (Å²) in [6.45, 7) is 0.438. The fourth-order valence-corrected chi connectivity index (χ4v) is 3.98. The number of rotatable bonds is 5. The molecule has 1 aromatic heterocycles. The number of nitrogens with zero attached hydrogens (tertiary/aromatic N) is 3. The molecule has 8 heteroatoms. The van der Waals surface area contributed by atoms with E-state index in [2.05, 4.69) is 4.98 Å². The lowest BCUT2D eigenvalue weighted by atomic mass is 10.1. The SMILES string of the molecule is CN(Cc1ccncc1)S(=O)(=O)N1CCCCC1C(=O)O. The summed E-state index contributed by atoms with van der Waals surface area (Å²) in [7, 11) is -2.33. The van der Waals surface area contributed by atoms with Crippen molar-refractivity contribution in [1.82, 2.24) is 13.6 Å². The number of aliphatic carboxylic acids is 1. The van der Waals surface area contributed by atoms with E-state index in [1.54, 1.807) is 24.5 Å². The molecule has 116 valence electrons. The number of carboxylic acids is 1. The van der Waals surface area contributed by atoms with Crippen LogP contribution in [0.5, 0.6) is 0 Å². The molecule has 0 spiro atoms. The predicted molar refractivity (Wildman–Crippen MR) is 76.6 cm³/mol. The Bertz CT molecular complexity index is 591. The molecule has 1 aliphatic rings. The molecule has 0 saturated carbocycles. The molecule has 0 bridgehead atoms. The second-order valence-corrected chi connectivity index (χ2v) is 7.07. The molecule has 2 rings (SSSR count). The van der Waals surface area contributed by atoms with Gasteiger partial charge in [0.1, 0.15) is 6.04 Å². The average molecular weight is 313 g/mol. The van der Waals surface area contributed by atoms with Crippen LogP contribution < -0.4 is 0 Å². The van der Waals surface area contributed by atoms with Crippen molar-refractivity contribution in [3.8, 4) is 0 Å². The van der Waals surface area contributed by atoms with Crippen molar-refractivity contribution in [3.05, 3.63) is 30.1 Å². The minimum atomic E-state index is -3.79. The molecule has 0 aliphatic carbocycles. The van der Waals surface area contributed by atoms with E-state index in [0.29, 0.717) is 12.8 Å². The van der Waals surface area contributed by atoms with E-state index in [1.165, 1.54) is 11.4 Å². The summed E-state index contributed by atoms with van der Waals surface area (Å²) in [4.78, 5) is 15.1. The summed E-state index contributed by atoms with van der Waals surface area (Å²) < 4.78 is 27.4. The maximum absolute atomic E-state index is 12.6. The smallest absolute Gasteiger partial charge is 0.322 e. The third-order valence-corrected chi connectivity index (χ3v) is 5.53. The molecule has 1 fully saturated rings. The van der Waals surface area contributed by atoms with E-state index >= 15 is 0 Å². The first kappa shape index (κ1) is 15.9. The molecule has 2 heterocycles. The Morgan fingerprint density at radius 3 is 2.71 bits per heavy atom. The molecule has 7 nitrogen and oxygen atoms in total. The Morgan fingerprint density at radius 2 is 2.10 bits per heavy atom. The van der Waals surface area contributed by atoms with Gasteiger partial charge in [0.25, 0.3) is 10.2 Å². The van der Waals surface area contributed by atoms with E-state index in [4.69, 9.17) is 0 Å². The van der Waals surface area contributed by atoms with Crippen molar-refractivity contribution in [3.63, 3.8) is 0 Å². The fraction of sp³-hybridized carbons (Fsp3) is 0.538. The van der Waals surface area contributed by atoms with Gasteiger partial charge in [-0.05, 0) is 37.0 Å². The van der Waals surface area contributed by atoms with Crippen LogP contribution >= 0.6 is 0 Å². The van der Waals surface area contributed by atoms with Gasteiger partial charge in [-0.3, -0.25) is 9.78 Å². The number of piperidine rings is 1. The highest BCUT2D eigenvalue weighted by atomic mass is 32.2. The number of hydrogen-bond acceptors (Lipinski definition) is 4. The maximum atomic E-state index is 12.6. The lowest BCUT2D eigenvalue weighted by Crippen LogP contribution is -2.52. The van der Waals surface area contributed by atoms with E-state index in [1.807, 2.05) is 0 Å². The number of pyridine rings is 1. The van der Waals surface area contributed by atoms with E-state index in [0.717, 1.165) is 16.3 Å². The molecule has 0 radical (unpaired) electrons. The zero-order chi connectivity index (χ0) is 15.5. The highest BCUT2D eigenvalue weighted by Gasteiger charge is 2.38. The van der Waals surface area contributed by atoms with Crippen molar-refractivity contribution < 1.29 is 18.3 Å². The normalized spacial score (nSPS) is 20.6. The third kappa shape index (κ3) is 3.58. The first-order chi connectivity index (χ1) is 9.93. The zero-order valence-electron chi connectivity index (χ0n) is 11.8. The molecule has 0 amide bonds. The topological polar surface area (TPSA) is 90.8 Å². The first-order valence-corrected chi connectivity index (χ1v) is 8.17. The maximum Gasteiger partial charge on any atom is 0.322 e. The highest BCUT2D eigenvalue weighted by molar-refractivity contribution is 7.86. The Balaban J connectivity index is 2.17. The summed E-state index contributed by atoms with van der Waals surface area (Å²) >= 11 is 0. The Hall–Kier alpha value is -1.51. The average Bonchev–Trinajstić information content (AvgIpc) is 2.48. The van der Waals surface area contributed by atoms with Crippen LogP contribution in [0.25, 0.3) is 0 Å². The predicted octanol–water partition coefficient (Wildman–Crippen LogP) is 0.697. The molecule has 1 aliphatic heterocycles. The van der Waals surface area contributed by atoms with E-state index in [-0.39, 0.29) is 13.1 Å². The van der Waals surface area contributed by atoms with Crippen molar-refractivity contribution in [2.75, 3.05) is 13.6 Å². The zero-order valence-corrected chi connectivity index (χ0v) is 12.7. The standard InChI is InChI=1S/C13H19N3O4S/c1-15(10-11-5-7-14-8-6-11)21(19,20)16-9-3-2-4-12(16)13(17)18/h5-8,12H,2-4,9-10H2,1H3,(H,17,18). The lowest BCUT2D eigenvalue weighted by Gasteiger charge is -2.34. The number of carboxylic acid groups (broad SMARTS) is 1. The lowest BCUT2D eigenvalue weighted by molar-refractivity contribution is -0.142. The van der Waals surface area contributed by atoms with Gasteiger partial charge >= 0.3 is 5.97 Å². The van der Waals surface area contributed by atoms with Gasteiger partial charge in [0.2, 0.25) is 0 Å². The summed E-state index contributed by atoms with van der Waals surface area (Å²) in [6.07, 6.45) is 4.97. The van der Waals surface area contributed by atoms with Crippen molar-refractivity contribution in [2.24, 2.45) is 0 Å². The largest absolute Gasteiger partial charge is 0.480 e. The van der Waals surface area contributed by atoms with Crippen LogP contribution in [0.2, 0.25) is 0 Å². The molecule has 1 saturated heterocycles. The van der Waals surface area contributed by atoms with Crippen LogP contribution in [-0.2, 0) is 21.5 Å². The van der Waals surface area contributed by atoms with Crippen LogP contribution in [-0.4, -0.2) is 52.7 Å². The summed E-state index contributed by atoms with van der Waals surface area (Å²) in [5.41, 5.74) is 0.806. The monoisotopic (exact) mass is 313 g/mol. The molecule has 0 aromatic carbocycles. The van der Waals surface area contributed by atoms with Gasteiger partial charge in [0.05, 0.1) is 0 Å². The van der Waals surface area contributed by atoms with Gasteiger partial charge < -0.3 is 5.11 Å². The highest BCUT2D eigenvalue weighted by Crippen LogP contribution is 2.23. The molecule has 1 atom stereocenters. The third-order valence-electron chi connectivity index (χ3n) is 3.58. The van der Waals surface area contributed by atoms with E-state index in [9.17, 15) is 18.3 Å². The van der Waals surface area contributed by atoms with Gasteiger partial charge in [-0.2, -0.15) is 17.0 Å². The molecule has 21 heavy (non-hydrogen) atoms. The second kappa shape index (κ2) is 6.50. The minimum absolute atomic E-state index is 0.188. The molecule has 1 aromatic rings. The molecular formula is C13H19N3O4S. The second-order valence-electron chi connectivity index (χ2n) is 5.08. The molecule has 1 N–H and O–H groups in total. The number of carbonyl (C=O) groups is 1. The van der Waals surface area contributed by atoms with Crippen molar-refractivity contribution in [2.45, 2.75) is 31.8 Å². The van der Waals surface area contributed by atoms with E-state index < -0.39 is 22.2 Å². The van der Waals surface area contributed by atoms with Gasteiger partial charge in [-0.15, -0.1) is 0 Å². The Kier molecular flexibility index (Phi) is 4.92. The van der Waals surface area contributed by atoms with Crippen LogP contribution in [0, 0.1) is 0 Å². The quantitative estimate of drug-likeness (QED) is 0.864. The Morgan fingerprint density at radius 1 is 1.43 bits per heavy atom. The van der Waals surface area contributed by atoms with Gasteiger partial charge in [0, 0.05) is 32.5 Å². The summed E-state index contributed by atoms with van der Waals surface area (Å²) in [6, 6.07) is 2.50. The van der Waals surface area contributed by atoms with Crippen LogP contribution in [0.15, 0.2) is 24.5 Å². The molecular weight excluding hydrogens is 294 g/mol. The van der Waals surface area contributed by atoms with Crippen molar-refractivity contribution >= 4 is 16.2 Å². The summed E-state index contributed by atoms with van der Waals surface area (Å²) in [5, 5.41) is 9.21. The van der Waals surface area contributed by atoms with Gasteiger partial charge in [-0.1, -0.05) is 0 Å². The molecule has 1 unspecified atom stereocenters. The van der Waals surface area contributed by atoms with Crippen LogP contribution in [0.4, 0.5) is 0 Å². The summed E-state index contributed by atoms with van der Waals surface area (Å²) in [5.74, 6) is -1.09.